The number of aliphatic hydroxyl groups is 1. The van der Waals surface area contributed by atoms with E-state index in [2.05, 4.69) is 15.3 Å². The number of nitrogens with zero attached hydrogens (tertiary/aromatic N) is 2. The largest absolute Gasteiger partial charge is 0.497 e. The molecule has 0 amide bonds. The first-order valence-corrected chi connectivity index (χ1v) is 6.26. The molecule has 1 heterocycles. The molecular weight excluding hydrogens is 258 g/mol. The first-order valence-electron chi connectivity index (χ1n) is 6.26. The van der Waals surface area contributed by atoms with E-state index in [0.29, 0.717) is 24.7 Å². The molecule has 2 N–H and O–H groups in total. The van der Waals surface area contributed by atoms with Crippen LogP contribution in [-0.4, -0.2) is 35.3 Å². The molecule has 6 nitrogen and oxygen atoms in total. The van der Waals surface area contributed by atoms with E-state index in [9.17, 15) is 0 Å². The first kappa shape index (κ1) is 14.2. The molecule has 0 bridgehead atoms. The summed E-state index contributed by atoms with van der Waals surface area (Å²) in [6, 6.07) is 9.02. The lowest BCUT2D eigenvalue weighted by molar-refractivity contribution is 0.291. The molecular formula is C14H17N3O3. The molecule has 0 aliphatic carbocycles. The summed E-state index contributed by atoms with van der Waals surface area (Å²) in [5.41, 5.74) is 0.803. The summed E-state index contributed by atoms with van der Waals surface area (Å²) in [6.07, 6.45) is 1.45. The fraction of sp³-hybridized carbons (Fsp3) is 0.286. The van der Waals surface area contributed by atoms with Crippen LogP contribution in [0.2, 0.25) is 0 Å². The van der Waals surface area contributed by atoms with Crippen molar-refractivity contribution in [3.8, 4) is 17.4 Å². The Morgan fingerprint density at radius 3 is 2.60 bits per heavy atom. The van der Waals surface area contributed by atoms with E-state index in [1.807, 2.05) is 24.3 Å². The third-order valence-corrected chi connectivity index (χ3v) is 2.58. The molecule has 20 heavy (non-hydrogen) atoms. The Hall–Kier alpha value is -2.18. The SMILES string of the molecule is COc1ccc(Oc2cc(CNCCO)ncn2)cc1. The van der Waals surface area contributed by atoms with E-state index in [1.54, 1.807) is 13.2 Å². The Balaban J connectivity index is 1.99. The third-order valence-electron chi connectivity index (χ3n) is 2.58. The van der Waals surface area contributed by atoms with E-state index in [1.165, 1.54) is 6.33 Å². The molecule has 1 aromatic carbocycles. The molecule has 0 saturated heterocycles. The molecule has 1 aromatic heterocycles. The monoisotopic (exact) mass is 275 g/mol. The van der Waals surface area contributed by atoms with E-state index in [0.717, 1.165) is 11.4 Å². The zero-order valence-electron chi connectivity index (χ0n) is 11.2. The summed E-state index contributed by atoms with van der Waals surface area (Å²) < 4.78 is 10.7. The summed E-state index contributed by atoms with van der Waals surface area (Å²) in [4.78, 5) is 8.19. The van der Waals surface area contributed by atoms with Crippen LogP contribution < -0.4 is 14.8 Å². The Morgan fingerprint density at radius 1 is 1.15 bits per heavy atom. The van der Waals surface area contributed by atoms with Crippen molar-refractivity contribution >= 4 is 0 Å². The maximum atomic E-state index is 8.71. The number of hydrogen-bond donors (Lipinski definition) is 2. The quantitative estimate of drug-likeness (QED) is 0.743. The predicted molar refractivity (Wildman–Crippen MR) is 73.9 cm³/mol. The second-order valence-electron chi connectivity index (χ2n) is 4.03. The fourth-order valence-electron chi connectivity index (χ4n) is 1.59. The summed E-state index contributed by atoms with van der Waals surface area (Å²) >= 11 is 0. The number of aliphatic hydroxyl groups excluding tert-OH is 1. The van der Waals surface area contributed by atoms with Crippen LogP contribution in [0.3, 0.4) is 0 Å². The van der Waals surface area contributed by atoms with Crippen LogP contribution >= 0.6 is 0 Å². The highest BCUT2D eigenvalue weighted by Crippen LogP contribution is 2.22. The van der Waals surface area contributed by atoms with Gasteiger partial charge in [0.05, 0.1) is 19.4 Å². The van der Waals surface area contributed by atoms with Gasteiger partial charge < -0.3 is 19.9 Å². The third kappa shape index (κ3) is 4.18. The van der Waals surface area contributed by atoms with Gasteiger partial charge in [-0.05, 0) is 24.3 Å². The average Bonchev–Trinajstić information content (AvgIpc) is 2.49. The Bertz CT molecular complexity index is 531. The minimum absolute atomic E-state index is 0.0975. The highest BCUT2D eigenvalue weighted by molar-refractivity contribution is 5.33. The minimum atomic E-state index is 0.0975. The molecule has 6 heteroatoms. The number of hydrogen-bond acceptors (Lipinski definition) is 6. The summed E-state index contributed by atoms with van der Waals surface area (Å²) in [6.45, 7) is 1.18. The molecule has 0 saturated carbocycles. The lowest BCUT2D eigenvalue weighted by Gasteiger charge is -2.07. The topological polar surface area (TPSA) is 76.5 Å². The van der Waals surface area contributed by atoms with Crippen molar-refractivity contribution in [2.45, 2.75) is 6.54 Å². The van der Waals surface area contributed by atoms with Gasteiger partial charge in [-0.1, -0.05) is 0 Å². The van der Waals surface area contributed by atoms with Crippen LogP contribution in [-0.2, 0) is 6.54 Å². The van der Waals surface area contributed by atoms with Gasteiger partial charge in [-0.2, -0.15) is 0 Å². The number of aromatic nitrogens is 2. The Kier molecular flexibility index (Phi) is 5.28. The van der Waals surface area contributed by atoms with Crippen LogP contribution in [0.4, 0.5) is 0 Å². The Labute approximate surface area is 117 Å². The summed E-state index contributed by atoms with van der Waals surface area (Å²) in [7, 11) is 1.62. The molecule has 0 unspecified atom stereocenters. The highest BCUT2D eigenvalue weighted by Gasteiger charge is 2.02. The molecule has 0 spiro atoms. The number of methoxy groups -OCH3 is 1. The molecule has 2 aromatic rings. The average molecular weight is 275 g/mol. The van der Waals surface area contributed by atoms with Gasteiger partial charge in [-0.15, -0.1) is 0 Å². The van der Waals surface area contributed by atoms with Crippen molar-refractivity contribution in [3.63, 3.8) is 0 Å². The summed E-state index contributed by atoms with van der Waals surface area (Å²) in [5, 5.41) is 11.8. The van der Waals surface area contributed by atoms with E-state index in [4.69, 9.17) is 14.6 Å². The van der Waals surface area contributed by atoms with Gasteiger partial charge in [-0.3, -0.25) is 0 Å². The van der Waals surface area contributed by atoms with Crippen LogP contribution in [0.15, 0.2) is 36.7 Å². The van der Waals surface area contributed by atoms with Gasteiger partial charge in [0.2, 0.25) is 5.88 Å². The smallest absolute Gasteiger partial charge is 0.222 e. The fourth-order valence-corrected chi connectivity index (χ4v) is 1.59. The van der Waals surface area contributed by atoms with Gasteiger partial charge in [0, 0.05) is 19.2 Å². The molecule has 2 rings (SSSR count). The standard InChI is InChI=1S/C14H17N3O3/c1-19-12-2-4-13(5-3-12)20-14-8-11(16-10-17-14)9-15-6-7-18/h2-5,8,10,15,18H,6-7,9H2,1H3. The second kappa shape index (κ2) is 7.42. The number of benzene rings is 1. The maximum Gasteiger partial charge on any atom is 0.222 e. The molecule has 106 valence electrons. The molecule has 0 aliphatic heterocycles. The van der Waals surface area contributed by atoms with Crippen molar-refractivity contribution in [2.24, 2.45) is 0 Å². The molecule has 0 atom stereocenters. The lowest BCUT2D eigenvalue weighted by Crippen LogP contribution is -2.18. The van der Waals surface area contributed by atoms with Gasteiger partial charge in [0.1, 0.15) is 17.8 Å². The maximum absolute atomic E-state index is 8.71. The zero-order valence-corrected chi connectivity index (χ0v) is 11.2. The van der Waals surface area contributed by atoms with E-state index >= 15 is 0 Å². The van der Waals surface area contributed by atoms with Crippen molar-refractivity contribution < 1.29 is 14.6 Å². The van der Waals surface area contributed by atoms with Gasteiger partial charge in [0.25, 0.3) is 0 Å². The van der Waals surface area contributed by atoms with Gasteiger partial charge >= 0.3 is 0 Å². The first-order chi connectivity index (χ1) is 9.81. The van der Waals surface area contributed by atoms with E-state index in [-0.39, 0.29) is 6.61 Å². The van der Waals surface area contributed by atoms with Gasteiger partial charge in [0.15, 0.2) is 0 Å². The van der Waals surface area contributed by atoms with Crippen molar-refractivity contribution in [1.82, 2.24) is 15.3 Å². The van der Waals surface area contributed by atoms with Crippen LogP contribution in [0.5, 0.6) is 17.4 Å². The Morgan fingerprint density at radius 2 is 1.90 bits per heavy atom. The van der Waals surface area contributed by atoms with Crippen molar-refractivity contribution in [3.05, 3.63) is 42.4 Å². The number of rotatable bonds is 7. The highest BCUT2D eigenvalue weighted by atomic mass is 16.5. The van der Waals surface area contributed by atoms with Crippen molar-refractivity contribution in [1.29, 1.82) is 0 Å². The van der Waals surface area contributed by atoms with Crippen molar-refractivity contribution in [2.75, 3.05) is 20.3 Å². The molecule has 0 radical (unpaired) electrons. The number of nitrogens with one attached hydrogen (secondary N) is 1. The van der Waals surface area contributed by atoms with Crippen LogP contribution in [0.1, 0.15) is 5.69 Å². The molecule has 0 aliphatic rings. The lowest BCUT2D eigenvalue weighted by atomic mass is 10.3. The summed E-state index contributed by atoms with van der Waals surface area (Å²) in [5.74, 6) is 1.93. The second-order valence-corrected chi connectivity index (χ2v) is 4.03. The van der Waals surface area contributed by atoms with Crippen LogP contribution in [0.25, 0.3) is 0 Å². The number of ether oxygens (including phenoxy) is 2. The van der Waals surface area contributed by atoms with E-state index < -0.39 is 0 Å². The van der Waals surface area contributed by atoms with Crippen LogP contribution in [0, 0.1) is 0 Å². The minimum Gasteiger partial charge on any atom is -0.497 e. The van der Waals surface area contributed by atoms with Gasteiger partial charge in [-0.25, -0.2) is 9.97 Å². The zero-order chi connectivity index (χ0) is 14.2. The predicted octanol–water partition coefficient (Wildman–Crippen LogP) is 1.36. The normalized spacial score (nSPS) is 10.3. The molecule has 0 fully saturated rings.